The predicted octanol–water partition coefficient (Wildman–Crippen LogP) is 3.86. The lowest BCUT2D eigenvalue weighted by atomic mass is 9.95. The number of allylic oxidation sites excluding steroid dienone is 4. The van der Waals surface area contributed by atoms with Crippen LogP contribution in [0.5, 0.6) is 0 Å². The minimum absolute atomic E-state index is 0.0363. The van der Waals surface area contributed by atoms with E-state index in [0.29, 0.717) is 6.42 Å². The van der Waals surface area contributed by atoms with E-state index in [2.05, 4.69) is 26.8 Å². The molecule has 0 bridgehead atoms. The lowest BCUT2D eigenvalue weighted by molar-refractivity contribution is -0.130. The maximum atomic E-state index is 11.2. The van der Waals surface area contributed by atoms with Gasteiger partial charge in [0.1, 0.15) is 11.6 Å². The van der Waals surface area contributed by atoms with Crippen LogP contribution in [-0.4, -0.2) is 11.6 Å². The first-order valence-corrected chi connectivity index (χ1v) is 6.14. The Balaban J connectivity index is 4.25. The molecule has 2 nitrogen and oxygen atoms in total. The van der Waals surface area contributed by atoms with E-state index in [1.54, 1.807) is 0 Å². The van der Waals surface area contributed by atoms with E-state index in [1.165, 1.54) is 25.0 Å². The maximum absolute atomic E-state index is 11.2. The van der Waals surface area contributed by atoms with Gasteiger partial charge < -0.3 is 0 Å². The van der Waals surface area contributed by atoms with Gasteiger partial charge in [-0.1, -0.05) is 23.3 Å². The third-order valence-electron chi connectivity index (χ3n) is 2.77. The topological polar surface area (TPSA) is 34.1 Å². The van der Waals surface area contributed by atoms with E-state index < -0.39 is 5.92 Å². The van der Waals surface area contributed by atoms with Gasteiger partial charge in [-0.25, -0.2) is 0 Å². The van der Waals surface area contributed by atoms with Gasteiger partial charge in [0, 0.05) is 0 Å². The summed E-state index contributed by atoms with van der Waals surface area (Å²) in [5.74, 6) is -0.523. The summed E-state index contributed by atoms with van der Waals surface area (Å²) in [7, 11) is 0. The zero-order valence-electron chi connectivity index (χ0n) is 11.7. The van der Waals surface area contributed by atoms with E-state index in [4.69, 9.17) is 0 Å². The smallest absolute Gasteiger partial charge is 0.140 e. The van der Waals surface area contributed by atoms with Crippen LogP contribution in [0.2, 0.25) is 0 Å². The van der Waals surface area contributed by atoms with E-state index in [-0.39, 0.29) is 11.6 Å². The number of ketones is 2. The fourth-order valence-electron chi connectivity index (χ4n) is 1.63. The Morgan fingerprint density at radius 3 is 1.88 bits per heavy atom. The van der Waals surface area contributed by atoms with Gasteiger partial charge in [-0.15, -0.1) is 0 Å². The Morgan fingerprint density at radius 1 is 0.941 bits per heavy atom. The van der Waals surface area contributed by atoms with Crippen LogP contribution >= 0.6 is 0 Å². The molecule has 0 fully saturated rings. The lowest BCUT2D eigenvalue weighted by Gasteiger charge is -2.07. The molecule has 17 heavy (non-hydrogen) atoms. The Kier molecular flexibility index (Phi) is 7.44. The highest BCUT2D eigenvalue weighted by atomic mass is 16.1. The van der Waals surface area contributed by atoms with Crippen LogP contribution in [-0.2, 0) is 9.59 Å². The van der Waals surface area contributed by atoms with Gasteiger partial charge in [0.2, 0.25) is 0 Å². The van der Waals surface area contributed by atoms with E-state index in [9.17, 15) is 9.59 Å². The van der Waals surface area contributed by atoms with Gasteiger partial charge in [-0.2, -0.15) is 0 Å². The minimum Gasteiger partial charge on any atom is -0.299 e. The number of Topliss-reactive ketones (excluding diaryl/α,β-unsaturated/α-hetero) is 2. The van der Waals surface area contributed by atoms with Crippen LogP contribution in [0.4, 0.5) is 0 Å². The van der Waals surface area contributed by atoms with Crippen molar-refractivity contribution in [1.29, 1.82) is 0 Å². The first kappa shape index (κ1) is 15.8. The molecule has 0 aliphatic rings. The van der Waals surface area contributed by atoms with Crippen molar-refractivity contribution in [2.45, 2.75) is 53.9 Å². The molecular formula is C15H24O2. The lowest BCUT2D eigenvalue weighted by Crippen LogP contribution is -2.18. The fourth-order valence-corrected chi connectivity index (χ4v) is 1.63. The number of rotatable bonds is 7. The standard InChI is InChI=1S/C15H24O2/c1-11(2)7-6-8-12(3)9-10-15(13(4)16)14(5)17/h7,9,15H,6,8,10H2,1-5H3. The van der Waals surface area contributed by atoms with Crippen LogP contribution in [0.1, 0.15) is 53.9 Å². The summed E-state index contributed by atoms with van der Waals surface area (Å²) in [6, 6.07) is 0. The van der Waals surface area contributed by atoms with Crippen molar-refractivity contribution in [2.75, 3.05) is 0 Å². The molecule has 0 saturated carbocycles. The molecular weight excluding hydrogens is 212 g/mol. The largest absolute Gasteiger partial charge is 0.299 e. The SMILES string of the molecule is CC(=O)C(CC=C(C)CCC=C(C)C)C(C)=O. The van der Waals surface area contributed by atoms with Crippen molar-refractivity contribution in [3.63, 3.8) is 0 Å². The second kappa shape index (κ2) is 7.99. The second-order valence-corrected chi connectivity index (χ2v) is 4.88. The van der Waals surface area contributed by atoms with Crippen LogP contribution in [0.3, 0.4) is 0 Å². The Labute approximate surface area is 105 Å². The van der Waals surface area contributed by atoms with Crippen LogP contribution < -0.4 is 0 Å². The molecule has 0 aromatic heterocycles. The molecule has 0 radical (unpaired) electrons. The van der Waals surface area contributed by atoms with E-state index in [1.807, 2.05) is 6.08 Å². The maximum Gasteiger partial charge on any atom is 0.140 e. The summed E-state index contributed by atoms with van der Waals surface area (Å²) in [6.07, 6.45) is 6.78. The third kappa shape index (κ3) is 7.67. The molecule has 0 rings (SSSR count). The first-order valence-electron chi connectivity index (χ1n) is 6.14. The Morgan fingerprint density at radius 2 is 1.47 bits per heavy atom. The number of hydrogen-bond donors (Lipinski definition) is 0. The molecule has 0 aliphatic carbocycles. The molecule has 96 valence electrons. The third-order valence-corrected chi connectivity index (χ3v) is 2.77. The summed E-state index contributed by atoms with van der Waals surface area (Å²) in [6.45, 7) is 9.19. The molecule has 0 atom stereocenters. The van der Waals surface area contributed by atoms with Crippen LogP contribution in [0, 0.1) is 5.92 Å². The van der Waals surface area contributed by atoms with E-state index >= 15 is 0 Å². The van der Waals surface area contributed by atoms with Crippen molar-refractivity contribution in [2.24, 2.45) is 5.92 Å². The Hall–Kier alpha value is -1.18. The van der Waals surface area contributed by atoms with Crippen molar-refractivity contribution >= 4 is 11.6 Å². The molecule has 0 spiro atoms. The monoisotopic (exact) mass is 236 g/mol. The highest BCUT2D eigenvalue weighted by Gasteiger charge is 2.17. The van der Waals surface area contributed by atoms with Gasteiger partial charge in [-0.05, 0) is 53.9 Å². The van der Waals surface area contributed by atoms with Gasteiger partial charge in [0.15, 0.2) is 0 Å². The van der Waals surface area contributed by atoms with Crippen LogP contribution in [0.25, 0.3) is 0 Å². The van der Waals surface area contributed by atoms with Crippen molar-refractivity contribution in [3.8, 4) is 0 Å². The molecule has 0 aromatic carbocycles. The summed E-state index contributed by atoms with van der Waals surface area (Å²) in [5.41, 5.74) is 2.57. The average Bonchev–Trinajstić information content (AvgIpc) is 2.15. The molecule has 0 aromatic rings. The van der Waals surface area contributed by atoms with Gasteiger partial charge in [0.05, 0.1) is 5.92 Å². The second-order valence-electron chi connectivity index (χ2n) is 4.88. The molecule has 0 saturated heterocycles. The van der Waals surface area contributed by atoms with Crippen molar-refractivity contribution in [1.82, 2.24) is 0 Å². The Bertz CT molecular complexity index is 317. The van der Waals surface area contributed by atoms with Crippen molar-refractivity contribution in [3.05, 3.63) is 23.3 Å². The average molecular weight is 236 g/mol. The highest BCUT2D eigenvalue weighted by molar-refractivity contribution is 6.00. The number of carbonyl (C=O) groups excluding carboxylic acids is 2. The summed E-state index contributed by atoms with van der Waals surface area (Å²) >= 11 is 0. The molecule has 0 heterocycles. The minimum atomic E-state index is -0.451. The summed E-state index contributed by atoms with van der Waals surface area (Å²) < 4.78 is 0. The number of hydrogen-bond acceptors (Lipinski definition) is 2. The molecule has 0 N–H and O–H groups in total. The summed E-state index contributed by atoms with van der Waals surface area (Å²) in [5, 5.41) is 0. The first-order chi connectivity index (χ1) is 7.84. The van der Waals surface area contributed by atoms with Crippen molar-refractivity contribution < 1.29 is 9.59 Å². The molecule has 0 aliphatic heterocycles. The molecule has 0 amide bonds. The highest BCUT2D eigenvalue weighted by Crippen LogP contribution is 2.13. The quantitative estimate of drug-likeness (QED) is 0.497. The zero-order chi connectivity index (χ0) is 13.4. The van der Waals surface area contributed by atoms with Crippen LogP contribution in [0.15, 0.2) is 23.3 Å². The number of carbonyl (C=O) groups is 2. The normalized spacial score (nSPS) is 11.5. The van der Waals surface area contributed by atoms with Gasteiger partial charge in [0.25, 0.3) is 0 Å². The predicted molar refractivity (Wildman–Crippen MR) is 71.9 cm³/mol. The van der Waals surface area contributed by atoms with Gasteiger partial charge in [-0.3, -0.25) is 9.59 Å². The summed E-state index contributed by atoms with van der Waals surface area (Å²) in [4.78, 5) is 22.5. The molecule has 0 unspecified atom stereocenters. The fraction of sp³-hybridized carbons (Fsp3) is 0.600. The zero-order valence-corrected chi connectivity index (χ0v) is 11.7. The van der Waals surface area contributed by atoms with Gasteiger partial charge >= 0.3 is 0 Å². The molecule has 2 heteroatoms. The van der Waals surface area contributed by atoms with E-state index in [0.717, 1.165) is 12.8 Å².